The van der Waals surface area contributed by atoms with E-state index in [0.29, 0.717) is 5.75 Å². The average Bonchev–Trinajstić information content (AvgIpc) is 2.19. The standard InChI is InChI=1S/C15H20O2/c1-7-13(16)17-14-11(3)8-10(2)9-12(14)15(4,5)6/h7-9H,1H2,2-6H3. The van der Waals surface area contributed by atoms with Crippen LogP contribution in [-0.2, 0) is 10.2 Å². The molecule has 17 heavy (non-hydrogen) atoms. The maximum atomic E-state index is 11.4. The summed E-state index contributed by atoms with van der Waals surface area (Å²) in [5.41, 5.74) is 3.13. The number of aryl methyl sites for hydroxylation is 2. The lowest BCUT2D eigenvalue weighted by molar-refractivity contribution is -0.129. The smallest absolute Gasteiger partial charge is 0.335 e. The Morgan fingerprint density at radius 2 is 1.88 bits per heavy atom. The van der Waals surface area contributed by atoms with Gasteiger partial charge in [-0.05, 0) is 24.8 Å². The Labute approximate surface area is 103 Å². The third-order valence-corrected chi connectivity index (χ3v) is 2.60. The summed E-state index contributed by atoms with van der Waals surface area (Å²) < 4.78 is 5.35. The predicted molar refractivity (Wildman–Crippen MR) is 70.4 cm³/mol. The molecule has 1 rings (SSSR count). The van der Waals surface area contributed by atoms with Crippen LogP contribution < -0.4 is 4.74 Å². The number of hydrogen-bond donors (Lipinski definition) is 0. The number of benzene rings is 1. The fourth-order valence-corrected chi connectivity index (χ4v) is 1.79. The summed E-state index contributed by atoms with van der Waals surface area (Å²) in [6.07, 6.45) is 1.19. The van der Waals surface area contributed by atoms with E-state index in [-0.39, 0.29) is 5.41 Å². The molecule has 0 spiro atoms. The average molecular weight is 232 g/mol. The second-order valence-corrected chi connectivity index (χ2v) is 5.33. The molecule has 0 atom stereocenters. The van der Waals surface area contributed by atoms with E-state index in [1.807, 2.05) is 19.9 Å². The minimum atomic E-state index is -0.414. The van der Waals surface area contributed by atoms with E-state index in [4.69, 9.17) is 4.74 Å². The molecule has 0 saturated heterocycles. The molecule has 0 unspecified atom stereocenters. The third kappa shape index (κ3) is 3.19. The summed E-state index contributed by atoms with van der Waals surface area (Å²) in [6.45, 7) is 13.7. The lowest BCUT2D eigenvalue weighted by Gasteiger charge is -2.24. The Hall–Kier alpha value is -1.57. The highest BCUT2D eigenvalue weighted by Gasteiger charge is 2.22. The maximum absolute atomic E-state index is 11.4. The van der Waals surface area contributed by atoms with Crippen LogP contribution >= 0.6 is 0 Å². The molecule has 0 aliphatic carbocycles. The molecule has 0 amide bonds. The van der Waals surface area contributed by atoms with Crippen molar-refractivity contribution in [2.45, 2.75) is 40.0 Å². The van der Waals surface area contributed by atoms with Crippen molar-refractivity contribution < 1.29 is 9.53 Å². The van der Waals surface area contributed by atoms with Crippen LogP contribution in [0, 0.1) is 13.8 Å². The predicted octanol–water partition coefficient (Wildman–Crippen LogP) is 3.69. The highest BCUT2D eigenvalue weighted by atomic mass is 16.5. The summed E-state index contributed by atoms with van der Waals surface area (Å²) in [6, 6.07) is 4.08. The van der Waals surface area contributed by atoms with Gasteiger partial charge in [-0.3, -0.25) is 0 Å². The summed E-state index contributed by atoms with van der Waals surface area (Å²) in [5.74, 6) is 0.246. The number of carbonyl (C=O) groups excluding carboxylic acids is 1. The molecule has 0 aliphatic heterocycles. The van der Waals surface area contributed by atoms with Gasteiger partial charge in [-0.25, -0.2) is 4.79 Å². The van der Waals surface area contributed by atoms with Crippen LogP contribution in [0.3, 0.4) is 0 Å². The fraction of sp³-hybridized carbons (Fsp3) is 0.400. The molecular formula is C15H20O2. The van der Waals surface area contributed by atoms with Crippen LogP contribution in [-0.4, -0.2) is 5.97 Å². The first kappa shape index (κ1) is 13.5. The molecule has 0 N–H and O–H groups in total. The van der Waals surface area contributed by atoms with E-state index < -0.39 is 5.97 Å². The molecule has 0 heterocycles. The monoisotopic (exact) mass is 232 g/mol. The van der Waals surface area contributed by atoms with Crippen LogP contribution in [0.15, 0.2) is 24.8 Å². The van der Waals surface area contributed by atoms with E-state index in [1.54, 1.807) is 0 Å². The van der Waals surface area contributed by atoms with Gasteiger partial charge in [0, 0.05) is 11.6 Å². The Kier molecular flexibility index (Phi) is 3.76. The normalized spacial score (nSPS) is 11.1. The first-order chi connectivity index (χ1) is 7.75. The number of ether oxygens (including phenoxy) is 1. The molecule has 0 fully saturated rings. The molecule has 92 valence electrons. The molecule has 0 aromatic heterocycles. The highest BCUT2D eigenvalue weighted by molar-refractivity contribution is 5.84. The summed E-state index contributed by atoms with van der Waals surface area (Å²) in [5, 5.41) is 0. The Morgan fingerprint density at radius 1 is 1.29 bits per heavy atom. The maximum Gasteiger partial charge on any atom is 0.335 e. The summed E-state index contributed by atoms with van der Waals surface area (Å²) in [4.78, 5) is 11.4. The van der Waals surface area contributed by atoms with Gasteiger partial charge in [-0.15, -0.1) is 0 Å². The summed E-state index contributed by atoms with van der Waals surface area (Å²) >= 11 is 0. The number of hydrogen-bond acceptors (Lipinski definition) is 2. The Balaban J connectivity index is 3.35. The Bertz CT molecular complexity index is 451. The third-order valence-electron chi connectivity index (χ3n) is 2.60. The van der Waals surface area contributed by atoms with Crippen LogP contribution in [0.2, 0.25) is 0 Å². The van der Waals surface area contributed by atoms with Crippen molar-refractivity contribution in [1.29, 1.82) is 0 Å². The largest absolute Gasteiger partial charge is 0.423 e. The van der Waals surface area contributed by atoms with Gasteiger partial charge in [0.15, 0.2) is 0 Å². The van der Waals surface area contributed by atoms with Crippen molar-refractivity contribution in [2.24, 2.45) is 0 Å². The fourth-order valence-electron chi connectivity index (χ4n) is 1.79. The number of carbonyl (C=O) groups is 1. The van der Waals surface area contributed by atoms with E-state index in [9.17, 15) is 4.79 Å². The molecular weight excluding hydrogens is 212 g/mol. The lowest BCUT2D eigenvalue weighted by Crippen LogP contribution is -2.16. The van der Waals surface area contributed by atoms with E-state index in [0.717, 1.165) is 11.1 Å². The van der Waals surface area contributed by atoms with Crippen molar-refractivity contribution in [1.82, 2.24) is 0 Å². The van der Waals surface area contributed by atoms with Gasteiger partial charge in [-0.2, -0.15) is 0 Å². The zero-order valence-corrected chi connectivity index (χ0v) is 11.3. The second kappa shape index (κ2) is 4.74. The first-order valence-electron chi connectivity index (χ1n) is 5.71. The van der Waals surface area contributed by atoms with Crippen molar-refractivity contribution in [3.63, 3.8) is 0 Å². The topological polar surface area (TPSA) is 26.3 Å². The second-order valence-electron chi connectivity index (χ2n) is 5.33. The van der Waals surface area contributed by atoms with Crippen molar-refractivity contribution in [3.8, 4) is 5.75 Å². The van der Waals surface area contributed by atoms with Crippen molar-refractivity contribution >= 4 is 5.97 Å². The van der Waals surface area contributed by atoms with Gasteiger partial charge in [0.25, 0.3) is 0 Å². The minimum Gasteiger partial charge on any atom is -0.423 e. The van der Waals surface area contributed by atoms with E-state index in [1.165, 1.54) is 11.6 Å². The van der Waals surface area contributed by atoms with Crippen molar-refractivity contribution in [2.75, 3.05) is 0 Å². The van der Waals surface area contributed by atoms with Gasteiger partial charge < -0.3 is 4.74 Å². The van der Waals surface area contributed by atoms with Crippen LogP contribution in [0.25, 0.3) is 0 Å². The molecule has 2 heteroatoms. The molecule has 0 radical (unpaired) electrons. The van der Waals surface area contributed by atoms with Gasteiger partial charge in [0.2, 0.25) is 0 Å². The van der Waals surface area contributed by atoms with Crippen molar-refractivity contribution in [3.05, 3.63) is 41.5 Å². The van der Waals surface area contributed by atoms with Gasteiger partial charge in [0.05, 0.1) is 0 Å². The molecule has 0 aliphatic rings. The summed E-state index contributed by atoms with van der Waals surface area (Å²) in [7, 11) is 0. The van der Waals surface area contributed by atoms with Gasteiger partial charge in [-0.1, -0.05) is 45.0 Å². The molecule has 0 bridgehead atoms. The molecule has 0 saturated carbocycles. The van der Waals surface area contributed by atoms with E-state index >= 15 is 0 Å². The number of rotatable bonds is 2. The quantitative estimate of drug-likeness (QED) is 0.441. The SMILES string of the molecule is C=CC(=O)Oc1c(C)cc(C)cc1C(C)(C)C. The first-order valence-corrected chi connectivity index (χ1v) is 5.71. The minimum absolute atomic E-state index is 0.0619. The van der Waals surface area contributed by atoms with E-state index in [2.05, 4.69) is 33.4 Å². The van der Waals surface area contributed by atoms with Crippen LogP contribution in [0.5, 0.6) is 5.75 Å². The van der Waals surface area contributed by atoms with Gasteiger partial charge >= 0.3 is 5.97 Å². The lowest BCUT2D eigenvalue weighted by atomic mass is 9.84. The van der Waals surface area contributed by atoms with Gasteiger partial charge in [0.1, 0.15) is 5.75 Å². The highest BCUT2D eigenvalue weighted by Crippen LogP contribution is 2.35. The number of esters is 1. The zero-order chi connectivity index (χ0) is 13.2. The van der Waals surface area contributed by atoms with Crippen LogP contribution in [0.1, 0.15) is 37.5 Å². The molecule has 1 aromatic rings. The molecule has 2 nitrogen and oxygen atoms in total. The Morgan fingerprint density at radius 3 is 2.35 bits per heavy atom. The zero-order valence-electron chi connectivity index (χ0n) is 11.3. The molecule has 1 aromatic carbocycles. The van der Waals surface area contributed by atoms with Crippen LogP contribution in [0.4, 0.5) is 0 Å².